The first-order chi connectivity index (χ1) is 13.8. The van der Waals surface area contributed by atoms with Crippen LogP contribution in [0.3, 0.4) is 0 Å². The van der Waals surface area contributed by atoms with Crippen LogP contribution in [0.1, 0.15) is 32.7 Å². The third-order valence-electron chi connectivity index (χ3n) is 5.13. The third-order valence-corrected chi connectivity index (χ3v) is 5.80. The first kappa shape index (κ1) is 20.0. The summed E-state index contributed by atoms with van der Waals surface area (Å²) >= 11 is 2.14. The lowest BCUT2D eigenvalue weighted by atomic mass is 10.0. The summed E-state index contributed by atoms with van der Waals surface area (Å²) in [4.78, 5) is 27.6. The van der Waals surface area contributed by atoms with Crippen molar-refractivity contribution in [1.82, 2.24) is 4.90 Å². The second-order valence-electron chi connectivity index (χ2n) is 7.06. The number of hydrogen-bond donors (Lipinski definition) is 1. The molecule has 1 N–H and O–H groups in total. The van der Waals surface area contributed by atoms with Gasteiger partial charge in [0.25, 0.3) is 5.91 Å². The molecule has 29 heavy (non-hydrogen) atoms. The highest BCUT2D eigenvalue weighted by Crippen LogP contribution is 2.39. The van der Waals surface area contributed by atoms with E-state index < -0.39 is 35.2 Å². The van der Waals surface area contributed by atoms with Crippen LogP contribution in [-0.4, -0.2) is 47.8 Å². The number of nitrogens with zero attached hydrogens (tertiary/aromatic N) is 2. The lowest BCUT2D eigenvalue weighted by molar-refractivity contribution is 0.0491. The summed E-state index contributed by atoms with van der Waals surface area (Å²) in [6.07, 6.45) is -0.336. The van der Waals surface area contributed by atoms with Crippen molar-refractivity contribution in [2.45, 2.75) is 19.4 Å². The van der Waals surface area contributed by atoms with Crippen LogP contribution in [0.15, 0.2) is 24.3 Å². The Labute approximate surface area is 179 Å². The lowest BCUT2D eigenvalue weighted by Gasteiger charge is -2.32. The molecule has 6 nitrogen and oxygen atoms in total. The van der Waals surface area contributed by atoms with Crippen molar-refractivity contribution in [1.29, 1.82) is 0 Å². The van der Waals surface area contributed by atoms with Gasteiger partial charge in [-0.1, -0.05) is 0 Å². The van der Waals surface area contributed by atoms with Crippen LogP contribution in [0.2, 0.25) is 0 Å². The van der Waals surface area contributed by atoms with E-state index in [1.54, 1.807) is 6.07 Å². The number of esters is 1. The maximum atomic E-state index is 15.1. The molecule has 0 aliphatic carbocycles. The van der Waals surface area contributed by atoms with Crippen molar-refractivity contribution in [3.05, 3.63) is 56.2 Å². The minimum Gasteiger partial charge on any atom is -0.440 e. The van der Waals surface area contributed by atoms with E-state index in [9.17, 15) is 19.1 Å². The molecule has 2 aliphatic rings. The molecular formula is C20H17F2IN2O4. The van der Waals surface area contributed by atoms with Gasteiger partial charge in [-0.3, -0.25) is 4.79 Å². The van der Waals surface area contributed by atoms with Gasteiger partial charge < -0.3 is 19.6 Å². The van der Waals surface area contributed by atoms with Gasteiger partial charge in [-0.05, 0) is 65.8 Å². The minimum atomic E-state index is -1.32. The number of aliphatic hydroxyl groups is 1. The zero-order valence-corrected chi connectivity index (χ0v) is 17.6. The molecule has 0 spiro atoms. The Hall–Kier alpha value is -2.27. The predicted octanol–water partition coefficient (Wildman–Crippen LogP) is 3.35. The van der Waals surface area contributed by atoms with Gasteiger partial charge in [0.2, 0.25) is 0 Å². The molecule has 1 amide bonds. The zero-order chi connectivity index (χ0) is 20.9. The first-order valence-corrected chi connectivity index (χ1v) is 10.1. The summed E-state index contributed by atoms with van der Waals surface area (Å²) < 4.78 is 36.2. The number of cyclic esters (lactones) is 1. The van der Waals surface area contributed by atoms with Crippen LogP contribution >= 0.6 is 22.6 Å². The maximum absolute atomic E-state index is 15.1. The number of benzene rings is 2. The number of aliphatic hydroxyl groups excluding tert-OH is 1. The molecule has 9 heteroatoms. The highest BCUT2D eigenvalue weighted by molar-refractivity contribution is 14.1. The van der Waals surface area contributed by atoms with Gasteiger partial charge in [0, 0.05) is 22.3 Å². The fourth-order valence-electron chi connectivity index (χ4n) is 3.67. The molecule has 2 heterocycles. The van der Waals surface area contributed by atoms with E-state index in [0.29, 0.717) is 12.1 Å². The molecule has 1 saturated heterocycles. The molecule has 0 saturated carbocycles. The van der Waals surface area contributed by atoms with Crippen LogP contribution in [-0.2, 0) is 4.74 Å². The second kappa shape index (κ2) is 7.52. The number of halogens is 3. The highest BCUT2D eigenvalue weighted by Gasteiger charge is 2.36. The van der Waals surface area contributed by atoms with Crippen molar-refractivity contribution in [3.8, 4) is 0 Å². The molecule has 0 aromatic heterocycles. The standard InChI is InChI=1S/C20H17F2IN2O4/c1-10-6-11(23)2-3-15(10)25-9-29-20(28)14-7-13(16(21)17(22)18(14)25)19(27)24-5-4-12(26)8-24/h2-3,6-7,12,26H,4-5,8-9H2,1H3/t12-/m1/s1. The molecule has 1 atom stereocenters. The number of ether oxygens (including phenoxy) is 1. The molecule has 0 unspecified atom stereocenters. The van der Waals surface area contributed by atoms with E-state index in [2.05, 4.69) is 22.6 Å². The fraction of sp³-hybridized carbons (Fsp3) is 0.300. The van der Waals surface area contributed by atoms with Crippen LogP contribution in [0.5, 0.6) is 0 Å². The van der Waals surface area contributed by atoms with Crippen LogP contribution < -0.4 is 4.90 Å². The Kier molecular flexibility index (Phi) is 5.19. The van der Waals surface area contributed by atoms with Crippen LogP contribution in [0.4, 0.5) is 20.2 Å². The number of aryl methyl sites for hydroxylation is 1. The number of β-amino-alcohol motifs (C(OH)–C–C–N with tert-alkyl or cyclic N) is 1. The molecule has 2 aromatic rings. The summed E-state index contributed by atoms with van der Waals surface area (Å²) in [5.41, 5.74) is 0.358. The maximum Gasteiger partial charge on any atom is 0.342 e. The van der Waals surface area contributed by atoms with Gasteiger partial charge in [0.1, 0.15) is 0 Å². The number of likely N-dealkylation sites (tertiary alicyclic amines) is 1. The summed E-state index contributed by atoms with van der Waals surface area (Å²) in [6.45, 7) is 1.82. The number of rotatable bonds is 2. The topological polar surface area (TPSA) is 70.1 Å². The monoisotopic (exact) mass is 514 g/mol. The third kappa shape index (κ3) is 3.46. The lowest BCUT2D eigenvalue weighted by Crippen LogP contribution is -2.34. The van der Waals surface area contributed by atoms with Gasteiger partial charge in [-0.25, -0.2) is 13.6 Å². The highest BCUT2D eigenvalue weighted by atomic mass is 127. The zero-order valence-electron chi connectivity index (χ0n) is 15.4. The minimum absolute atomic E-state index is 0.0371. The molecule has 0 radical (unpaired) electrons. The van der Waals surface area contributed by atoms with Crippen molar-refractivity contribution in [2.24, 2.45) is 0 Å². The van der Waals surface area contributed by atoms with Crippen LogP contribution in [0, 0.1) is 22.1 Å². The number of anilines is 2. The largest absolute Gasteiger partial charge is 0.440 e. The fourth-order valence-corrected chi connectivity index (χ4v) is 4.31. The summed E-state index contributed by atoms with van der Waals surface area (Å²) in [6, 6.07) is 6.46. The average Bonchev–Trinajstić information content (AvgIpc) is 3.11. The normalized spacial score (nSPS) is 18.7. The molecule has 2 aromatic carbocycles. The molecule has 152 valence electrons. The molecule has 4 rings (SSSR count). The Balaban J connectivity index is 1.82. The summed E-state index contributed by atoms with van der Waals surface area (Å²) in [5, 5.41) is 9.62. The van der Waals surface area contributed by atoms with Crippen molar-refractivity contribution in [2.75, 3.05) is 24.7 Å². The number of carbonyl (C=O) groups excluding carboxylic acids is 2. The van der Waals surface area contributed by atoms with Crippen molar-refractivity contribution in [3.63, 3.8) is 0 Å². The van der Waals surface area contributed by atoms with E-state index >= 15 is 4.39 Å². The van der Waals surface area contributed by atoms with E-state index in [4.69, 9.17) is 4.74 Å². The van der Waals surface area contributed by atoms with Crippen LogP contribution in [0.25, 0.3) is 0 Å². The van der Waals surface area contributed by atoms with Gasteiger partial charge in [-0.15, -0.1) is 0 Å². The molecule has 2 aliphatic heterocycles. The SMILES string of the molecule is Cc1cc(I)ccc1N1COC(=O)c2cc(C(=O)N3CC[C@@H](O)C3)c(F)c(F)c21. The van der Waals surface area contributed by atoms with E-state index in [1.165, 1.54) is 9.80 Å². The Morgan fingerprint density at radius 3 is 2.69 bits per heavy atom. The van der Waals surface area contributed by atoms with E-state index in [1.807, 2.05) is 19.1 Å². The number of amides is 1. The molecule has 0 bridgehead atoms. The summed E-state index contributed by atoms with van der Waals surface area (Å²) in [7, 11) is 0. The molecular weight excluding hydrogens is 497 g/mol. The Morgan fingerprint density at radius 2 is 2.03 bits per heavy atom. The Bertz CT molecular complexity index is 1030. The second-order valence-corrected chi connectivity index (χ2v) is 8.31. The van der Waals surface area contributed by atoms with E-state index in [0.717, 1.165) is 15.2 Å². The molecule has 1 fully saturated rings. The smallest absolute Gasteiger partial charge is 0.342 e. The van der Waals surface area contributed by atoms with Crippen molar-refractivity contribution < 1.29 is 28.2 Å². The average molecular weight is 514 g/mol. The Morgan fingerprint density at radius 1 is 1.28 bits per heavy atom. The number of carbonyl (C=O) groups is 2. The van der Waals surface area contributed by atoms with Gasteiger partial charge in [0.15, 0.2) is 18.4 Å². The van der Waals surface area contributed by atoms with Crippen molar-refractivity contribution >= 4 is 45.8 Å². The van der Waals surface area contributed by atoms with E-state index in [-0.39, 0.29) is 31.1 Å². The quantitative estimate of drug-likeness (QED) is 0.492. The predicted molar refractivity (Wildman–Crippen MR) is 109 cm³/mol. The summed E-state index contributed by atoms with van der Waals surface area (Å²) in [5.74, 6) is -4.19. The number of hydrogen-bond acceptors (Lipinski definition) is 5. The van der Waals surface area contributed by atoms with Gasteiger partial charge in [-0.2, -0.15) is 0 Å². The van der Waals surface area contributed by atoms with Gasteiger partial charge >= 0.3 is 5.97 Å². The number of fused-ring (bicyclic) bond motifs is 1. The first-order valence-electron chi connectivity index (χ1n) is 8.98. The van der Waals surface area contributed by atoms with Gasteiger partial charge in [0.05, 0.1) is 22.9 Å².